The summed E-state index contributed by atoms with van der Waals surface area (Å²) in [5, 5.41) is 33.2. The Hall–Kier alpha value is -1.77. The average Bonchev–Trinajstić information content (AvgIpc) is 2.80. The third-order valence-electron chi connectivity index (χ3n) is 12.5. The average molecular weight is 494 g/mol. The number of aliphatic hydroxyl groups is 2. The number of ketones is 2. The normalized spacial score (nSPS) is 48.9. The monoisotopic (exact) mass is 493 g/mol. The van der Waals surface area contributed by atoms with Gasteiger partial charge < -0.3 is 10.2 Å². The number of carbonyl (C=O) groups is 2. The van der Waals surface area contributed by atoms with E-state index in [2.05, 4.69) is 40.7 Å². The molecule has 0 radical (unpaired) electrons. The Kier molecular flexibility index (Phi) is 5.17. The topological polar surface area (TPSA) is 98.4 Å². The van der Waals surface area contributed by atoms with Crippen molar-refractivity contribution in [3.05, 3.63) is 23.3 Å². The van der Waals surface area contributed by atoms with E-state index in [4.69, 9.17) is 0 Å². The van der Waals surface area contributed by atoms with Gasteiger partial charge in [0.15, 0.2) is 11.6 Å². The van der Waals surface area contributed by atoms with E-state index in [0.717, 1.165) is 37.7 Å². The van der Waals surface area contributed by atoms with Gasteiger partial charge in [-0.1, -0.05) is 54.5 Å². The number of rotatable bonds is 1. The summed E-state index contributed by atoms with van der Waals surface area (Å²) in [6, 6.07) is 2.14. The van der Waals surface area contributed by atoms with Crippen LogP contribution in [0.5, 0.6) is 0 Å². The molecule has 5 aliphatic rings. The van der Waals surface area contributed by atoms with Crippen LogP contribution in [0.4, 0.5) is 0 Å². The number of nitrogens with zero attached hydrogens (tertiary/aromatic N) is 1. The maximum atomic E-state index is 14.3. The van der Waals surface area contributed by atoms with Gasteiger partial charge in [-0.05, 0) is 78.8 Å². The molecular formula is C31H43NO4. The van der Waals surface area contributed by atoms with Crippen LogP contribution in [0.3, 0.4) is 0 Å². The molecule has 0 aromatic carbocycles. The molecule has 3 saturated carbocycles. The fourth-order valence-corrected chi connectivity index (χ4v) is 10.0. The molecule has 0 amide bonds. The SMILES string of the molecule is CC1(C)CC[C@]2(CO)CC[C@@]3(C)[C@]4(C)CCC5C(C)(C)C(=O)C(C#N)=C[C@]5(C)C4=CC(=O)[C@]3(O)C2C1. The molecule has 0 aromatic rings. The molecule has 2 unspecified atom stereocenters. The van der Waals surface area contributed by atoms with Gasteiger partial charge in [-0.3, -0.25) is 9.59 Å². The zero-order valence-electron chi connectivity index (χ0n) is 23.1. The van der Waals surface area contributed by atoms with Gasteiger partial charge in [-0.2, -0.15) is 5.26 Å². The van der Waals surface area contributed by atoms with Crippen LogP contribution >= 0.6 is 0 Å². The van der Waals surface area contributed by atoms with Crippen LogP contribution in [-0.2, 0) is 9.59 Å². The number of carbonyl (C=O) groups excluding carboxylic acids is 2. The summed E-state index contributed by atoms with van der Waals surface area (Å²) in [6.45, 7) is 14.7. The maximum Gasteiger partial charge on any atom is 0.188 e. The summed E-state index contributed by atoms with van der Waals surface area (Å²) >= 11 is 0. The van der Waals surface area contributed by atoms with E-state index in [1.165, 1.54) is 0 Å². The second-order valence-corrected chi connectivity index (χ2v) is 14.9. The Morgan fingerprint density at radius 2 is 1.61 bits per heavy atom. The van der Waals surface area contributed by atoms with E-state index in [-0.39, 0.29) is 41.0 Å². The molecule has 0 saturated heterocycles. The molecule has 196 valence electrons. The first-order chi connectivity index (χ1) is 16.5. The molecule has 0 aliphatic heterocycles. The molecule has 3 fully saturated rings. The largest absolute Gasteiger partial charge is 0.396 e. The number of Topliss-reactive ketones (excluding diaryl/α,β-unsaturated/α-hetero) is 1. The van der Waals surface area contributed by atoms with Crippen LogP contribution in [0.2, 0.25) is 0 Å². The molecule has 5 rings (SSSR count). The fourth-order valence-electron chi connectivity index (χ4n) is 10.0. The Morgan fingerprint density at radius 3 is 2.22 bits per heavy atom. The maximum absolute atomic E-state index is 14.3. The van der Waals surface area contributed by atoms with E-state index < -0.39 is 32.7 Å². The Morgan fingerprint density at radius 1 is 0.972 bits per heavy atom. The van der Waals surface area contributed by atoms with Gasteiger partial charge in [0.25, 0.3) is 0 Å². The third kappa shape index (κ3) is 2.73. The Bertz CT molecular complexity index is 1160. The van der Waals surface area contributed by atoms with Gasteiger partial charge >= 0.3 is 0 Å². The number of allylic oxidation sites excluding steroid dienone is 3. The van der Waals surface area contributed by atoms with Gasteiger partial charge in [0.1, 0.15) is 11.7 Å². The van der Waals surface area contributed by atoms with Crippen molar-refractivity contribution < 1.29 is 19.8 Å². The zero-order valence-corrected chi connectivity index (χ0v) is 23.1. The van der Waals surface area contributed by atoms with Gasteiger partial charge in [0.2, 0.25) is 0 Å². The summed E-state index contributed by atoms with van der Waals surface area (Å²) < 4.78 is 0. The second kappa shape index (κ2) is 7.20. The van der Waals surface area contributed by atoms with Crippen molar-refractivity contribution in [1.82, 2.24) is 0 Å². The number of nitriles is 1. The molecule has 5 nitrogen and oxygen atoms in total. The summed E-state index contributed by atoms with van der Waals surface area (Å²) in [6.07, 6.45) is 9.09. The number of fused-ring (bicyclic) bond motifs is 7. The quantitative estimate of drug-likeness (QED) is 0.516. The highest BCUT2D eigenvalue weighted by molar-refractivity contribution is 6.05. The number of hydrogen-bond acceptors (Lipinski definition) is 5. The number of aliphatic hydroxyl groups excluding tert-OH is 1. The van der Waals surface area contributed by atoms with Crippen LogP contribution in [0.15, 0.2) is 23.3 Å². The van der Waals surface area contributed by atoms with Crippen molar-refractivity contribution >= 4 is 11.6 Å². The molecule has 7 atom stereocenters. The molecule has 0 bridgehead atoms. The second-order valence-electron chi connectivity index (χ2n) is 14.9. The van der Waals surface area contributed by atoms with Gasteiger partial charge in [0.05, 0.1) is 5.57 Å². The molecule has 0 spiro atoms. The van der Waals surface area contributed by atoms with Crippen molar-refractivity contribution in [1.29, 1.82) is 5.26 Å². The summed E-state index contributed by atoms with van der Waals surface area (Å²) in [7, 11) is 0. The van der Waals surface area contributed by atoms with E-state index in [9.17, 15) is 25.1 Å². The highest BCUT2D eigenvalue weighted by atomic mass is 16.3. The van der Waals surface area contributed by atoms with Gasteiger partial charge in [-0.25, -0.2) is 0 Å². The van der Waals surface area contributed by atoms with Crippen molar-refractivity contribution in [3.63, 3.8) is 0 Å². The lowest BCUT2D eigenvalue weighted by Crippen LogP contribution is -2.74. The first-order valence-electron chi connectivity index (χ1n) is 13.8. The van der Waals surface area contributed by atoms with Crippen molar-refractivity contribution in [2.75, 3.05) is 6.61 Å². The lowest BCUT2D eigenvalue weighted by Gasteiger charge is -2.71. The minimum Gasteiger partial charge on any atom is -0.396 e. The third-order valence-corrected chi connectivity index (χ3v) is 12.5. The van der Waals surface area contributed by atoms with Gasteiger partial charge in [0, 0.05) is 28.8 Å². The molecule has 36 heavy (non-hydrogen) atoms. The summed E-state index contributed by atoms with van der Waals surface area (Å²) in [4.78, 5) is 27.5. The predicted octanol–water partition coefficient (Wildman–Crippen LogP) is 5.31. The lowest BCUT2D eigenvalue weighted by molar-refractivity contribution is -0.250. The van der Waals surface area contributed by atoms with Crippen LogP contribution < -0.4 is 0 Å². The van der Waals surface area contributed by atoms with Crippen LogP contribution in [0, 0.1) is 55.7 Å². The molecule has 5 heteroatoms. The first-order valence-corrected chi connectivity index (χ1v) is 13.8. The fraction of sp³-hybridized carbons (Fsp3) is 0.774. The van der Waals surface area contributed by atoms with Crippen LogP contribution in [0.1, 0.15) is 93.4 Å². The Balaban J connectivity index is 1.74. The summed E-state index contributed by atoms with van der Waals surface area (Å²) in [5.74, 6) is -0.692. The highest BCUT2D eigenvalue weighted by Gasteiger charge is 2.75. The highest BCUT2D eigenvalue weighted by Crippen LogP contribution is 2.75. The van der Waals surface area contributed by atoms with Crippen molar-refractivity contribution in [3.8, 4) is 6.07 Å². The van der Waals surface area contributed by atoms with Crippen LogP contribution in [0.25, 0.3) is 0 Å². The summed E-state index contributed by atoms with van der Waals surface area (Å²) in [5.41, 5.74) is -3.36. The zero-order chi connectivity index (χ0) is 26.7. The van der Waals surface area contributed by atoms with E-state index in [1.807, 2.05) is 19.9 Å². The van der Waals surface area contributed by atoms with E-state index in [1.54, 1.807) is 6.08 Å². The van der Waals surface area contributed by atoms with E-state index in [0.29, 0.717) is 12.8 Å². The van der Waals surface area contributed by atoms with Crippen molar-refractivity contribution in [2.45, 2.75) is 99.0 Å². The minimum absolute atomic E-state index is 0.00292. The minimum atomic E-state index is -1.56. The molecule has 2 N–H and O–H groups in total. The Labute approximate surface area is 216 Å². The predicted molar refractivity (Wildman–Crippen MR) is 137 cm³/mol. The van der Waals surface area contributed by atoms with E-state index >= 15 is 0 Å². The molecule has 0 heterocycles. The standard InChI is InChI=1S/C31H43NO4/c1-25(2)10-12-30(18-33)13-11-29(7)28(6)9-8-20-26(3,4)24(35)19(17-32)15-27(20,5)21(28)14-23(34)31(29,36)22(30)16-25/h14-15,20,22,33,36H,8-13,16,18H2,1-7H3/t20?,22?,27-,28+,29-,30+,31+/m0/s1. The van der Waals surface area contributed by atoms with Crippen LogP contribution in [-0.4, -0.2) is 34.0 Å². The lowest BCUT2D eigenvalue weighted by atomic mass is 9.33. The van der Waals surface area contributed by atoms with Gasteiger partial charge in [-0.15, -0.1) is 0 Å². The molecular weight excluding hydrogens is 450 g/mol. The first kappa shape index (κ1) is 25.9. The molecule has 0 aromatic heterocycles. The molecule has 5 aliphatic carbocycles. The number of hydrogen-bond donors (Lipinski definition) is 2. The van der Waals surface area contributed by atoms with Crippen molar-refractivity contribution in [2.24, 2.45) is 44.3 Å². The smallest absolute Gasteiger partial charge is 0.188 e.